The molecular weight excluding hydrogens is 438 g/mol. The first-order valence-electron chi connectivity index (χ1n) is 11.0. The van der Waals surface area contributed by atoms with E-state index in [4.69, 9.17) is 0 Å². The number of nitrogens with one attached hydrogen (secondary N) is 1. The van der Waals surface area contributed by atoms with E-state index < -0.39 is 11.2 Å². The maximum absolute atomic E-state index is 12.9. The molecular formula is C24H31N5O3S. The molecule has 0 aliphatic rings. The lowest BCUT2D eigenvalue weighted by Crippen LogP contribution is -2.39. The van der Waals surface area contributed by atoms with Crippen LogP contribution in [0.5, 0.6) is 0 Å². The Hall–Kier alpha value is -2.94. The third kappa shape index (κ3) is 5.35. The maximum Gasteiger partial charge on any atom is 0.332 e. The molecule has 2 heterocycles. The summed E-state index contributed by atoms with van der Waals surface area (Å²) in [6.07, 6.45) is 0. The third-order valence-corrected chi connectivity index (χ3v) is 6.53. The van der Waals surface area contributed by atoms with Gasteiger partial charge < -0.3 is 5.32 Å². The highest BCUT2D eigenvalue weighted by atomic mass is 32.2. The van der Waals surface area contributed by atoms with Crippen LogP contribution in [-0.4, -0.2) is 30.8 Å². The van der Waals surface area contributed by atoms with Crippen LogP contribution in [0.15, 0.2) is 32.8 Å². The summed E-state index contributed by atoms with van der Waals surface area (Å²) < 4.78 is 2.59. The fourth-order valence-electron chi connectivity index (χ4n) is 3.61. The molecule has 33 heavy (non-hydrogen) atoms. The molecule has 1 amide bonds. The summed E-state index contributed by atoms with van der Waals surface area (Å²) in [5.41, 5.74) is 2.87. The Balaban J connectivity index is 1.89. The average Bonchev–Trinajstić information content (AvgIpc) is 2.74. The molecule has 0 saturated heterocycles. The lowest BCUT2D eigenvalue weighted by molar-refractivity contribution is -0.119. The van der Waals surface area contributed by atoms with Crippen LogP contribution in [0.2, 0.25) is 0 Å². The van der Waals surface area contributed by atoms with Crippen molar-refractivity contribution in [3.8, 4) is 0 Å². The Labute approximate surface area is 197 Å². The van der Waals surface area contributed by atoms with Crippen molar-refractivity contribution in [1.29, 1.82) is 0 Å². The van der Waals surface area contributed by atoms with E-state index in [1.165, 1.54) is 34.5 Å². The average molecular weight is 470 g/mol. The van der Waals surface area contributed by atoms with Gasteiger partial charge in [-0.1, -0.05) is 43.8 Å². The van der Waals surface area contributed by atoms with Crippen LogP contribution in [0.1, 0.15) is 49.3 Å². The summed E-state index contributed by atoms with van der Waals surface area (Å²) in [6.45, 7) is 12.2. The number of benzene rings is 1. The number of aryl methyl sites for hydroxylation is 3. The van der Waals surface area contributed by atoms with Gasteiger partial charge in [-0.15, -0.1) is 0 Å². The van der Waals surface area contributed by atoms with Crippen LogP contribution in [0.4, 0.5) is 0 Å². The van der Waals surface area contributed by atoms with Crippen molar-refractivity contribution in [2.24, 2.45) is 13.0 Å². The van der Waals surface area contributed by atoms with Gasteiger partial charge in [0, 0.05) is 13.6 Å². The van der Waals surface area contributed by atoms with E-state index in [0.717, 1.165) is 10.1 Å². The number of hydrogen-bond acceptors (Lipinski definition) is 6. The molecule has 0 unspecified atom stereocenters. The van der Waals surface area contributed by atoms with Crippen LogP contribution < -0.4 is 16.6 Å². The predicted molar refractivity (Wildman–Crippen MR) is 132 cm³/mol. The van der Waals surface area contributed by atoms with Crippen molar-refractivity contribution in [2.75, 3.05) is 5.75 Å². The van der Waals surface area contributed by atoms with Crippen molar-refractivity contribution >= 4 is 28.7 Å². The molecule has 0 spiro atoms. The van der Waals surface area contributed by atoms with Crippen molar-refractivity contribution in [3.05, 3.63) is 61.6 Å². The smallest absolute Gasteiger partial charge is 0.332 e. The Morgan fingerprint density at radius 1 is 1.09 bits per heavy atom. The van der Waals surface area contributed by atoms with E-state index in [1.807, 2.05) is 39.8 Å². The largest absolute Gasteiger partial charge is 0.349 e. The Kier molecular flexibility index (Phi) is 7.41. The van der Waals surface area contributed by atoms with E-state index >= 15 is 0 Å². The summed E-state index contributed by atoms with van der Waals surface area (Å²) in [5.74, 6) is 0.557. The zero-order chi connectivity index (χ0) is 24.4. The second-order valence-corrected chi connectivity index (χ2v) is 9.81. The molecule has 0 aliphatic heterocycles. The van der Waals surface area contributed by atoms with Crippen LogP contribution in [0, 0.1) is 26.7 Å². The van der Waals surface area contributed by atoms with Crippen LogP contribution >= 0.6 is 11.8 Å². The molecule has 9 heteroatoms. The second-order valence-electron chi connectivity index (χ2n) is 8.85. The van der Waals surface area contributed by atoms with Crippen LogP contribution in [-0.2, 0) is 18.4 Å². The quantitative estimate of drug-likeness (QED) is 0.422. The molecule has 0 aliphatic carbocycles. The SMILES string of the molecule is Cc1nc(SCC(=O)N[C@@H](C)c2ccc(C)c(C)c2)c2c(=O)n(C)c(=O)n(CC(C)C)c2n1. The normalized spacial score (nSPS) is 12.4. The number of rotatable bonds is 7. The van der Waals surface area contributed by atoms with Gasteiger partial charge in [0.2, 0.25) is 5.91 Å². The van der Waals surface area contributed by atoms with E-state index in [1.54, 1.807) is 6.92 Å². The first-order chi connectivity index (χ1) is 15.5. The Bertz CT molecular complexity index is 1330. The molecule has 1 aromatic carbocycles. The minimum atomic E-state index is -0.457. The first kappa shape index (κ1) is 24.7. The van der Waals surface area contributed by atoms with Gasteiger partial charge in [-0.25, -0.2) is 14.8 Å². The minimum absolute atomic E-state index is 0.0905. The Morgan fingerprint density at radius 2 is 1.79 bits per heavy atom. The van der Waals surface area contributed by atoms with E-state index in [9.17, 15) is 14.4 Å². The number of hydrogen-bond donors (Lipinski definition) is 1. The fourth-order valence-corrected chi connectivity index (χ4v) is 4.48. The van der Waals surface area contributed by atoms with Crippen molar-refractivity contribution < 1.29 is 4.79 Å². The molecule has 0 fully saturated rings. The number of fused-ring (bicyclic) bond motifs is 1. The maximum atomic E-state index is 12.9. The van der Waals surface area contributed by atoms with E-state index in [0.29, 0.717) is 23.0 Å². The highest BCUT2D eigenvalue weighted by Gasteiger charge is 2.20. The van der Waals surface area contributed by atoms with Crippen LogP contribution in [0.3, 0.4) is 0 Å². The molecule has 1 atom stereocenters. The van der Waals surface area contributed by atoms with Crippen molar-refractivity contribution in [3.63, 3.8) is 0 Å². The first-order valence-corrected chi connectivity index (χ1v) is 12.0. The summed E-state index contributed by atoms with van der Waals surface area (Å²) in [6, 6.07) is 5.99. The number of carbonyl (C=O) groups is 1. The fraction of sp³-hybridized carbons (Fsp3) is 0.458. The summed E-state index contributed by atoms with van der Waals surface area (Å²) in [7, 11) is 1.45. The summed E-state index contributed by atoms with van der Waals surface area (Å²) in [5, 5.41) is 3.68. The summed E-state index contributed by atoms with van der Waals surface area (Å²) in [4.78, 5) is 47.2. The minimum Gasteiger partial charge on any atom is -0.349 e. The van der Waals surface area contributed by atoms with Gasteiger partial charge in [-0.05, 0) is 50.3 Å². The summed E-state index contributed by atoms with van der Waals surface area (Å²) >= 11 is 1.18. The molecule has 0 saturated carbocycles. The molecule has 2 aromatic heterocycles. The lowest BCUT2D eigenvalue weighted by atomic mass is 10.0. The van der Waals surface area contributed by atoms with E-state index in [2.05, 4.69) is 28.3 Å². The predicted octanol–water partition coefficient (Wildman–Crippen LogP) is 3.04. The van der Waals surface area contributed by atoms with Gasteiger partial charge in [0.15, 0.2) is 5.65 Å². The van der Waals surface area contributed by atoms with Crippen LogP contribution in [0.25, 0.3) is 11.0 Å². The second kappa shape index (κ2) is 9.91. The van der Waals surface area contributed by atoms with Gasteiger partial charge in [0.1, 0.15) is 16.2 Å². The van der Waals surface area contributed by atoms with Crippen molar-refractivity contribution in [2.45, 2.75) is 59.2 Å². The van der Waals surface area contributed by atoms with E-state index in [-0.39, 0.29) is 29.0 Å². The highest BCUT2D eigenvalue weighted by molar-refractivity contribution is 8.00. The molecule has 176 valence electrons. The third-order valence-electron chi connectivity index (χ3n) is 5.56. The number of carbonyl (C=O) groups excluding carboxylic acids is 1. The van der Waals surface area contributed by atoms with Gasteiger partial charge in [0.25, 0.3) is 5.56 Å². The highest BCUT2D eigenvalue weighted by Crippen LogP contribution is 2.23. The van der Waals surface area contributed by atoms with Gasteiger partial charge in [-0.2, -0.15) is 0 Å². The van der Waals surface area contributed by atoms with Crippen molar-refractivity contribution in [1.82, 2.24) is 24.4 Å². The number of nitrogens with zero attached hydrogens (tertiary/aromatic N) is 4. The molecule has 8 nitrogen and oxygen atoms in total. The van der Waals surface area contributed by atoms with Gasteiger partial charge in [-0.3, -0.25) is 18.7 Å². The molecule has 3 aromatic rings. The number of thioether (sulfide) groups is 1. The van der Waals surface area contributed by atoms with Gasteiger partial charge >= 0.3 is 5.69 Å². The standard InChI is InChI=1S/C24H31N5O3S/c1-13(2)11-29-21-20(23(31)28(7)24(29)32)22(27-17(6)26-21)33-12-19(30)25-16(5)18-9-8-14(3)15(4)10-18/h8-10,13,16H,11-12H2,1-7H3,(H,25,30)/t16-/m0/s1. The molecule has 0 radical (unpaired) electrons. The molecule has 1 N–H and O–H groups in total. The number of amides is 1. The van der Waals surface area contributed by atoms with Gasteiger partial charge in [0.05, 0.1) is 11.8 Å². The molecule has 3 rings (SSSR count). The zero-order valence-electron chi connectivity index (χ0n) is 20.2. The lowest BCUT2D eigenvalue weighted by Gasteiger charge is -2.16. The Morgan fingerprint density at radius 3 is 2.42 bits per heavy atom. The number of aromatic nitrogens is 4. The molecule has 0 bridgehead atoms. The zero-order valence-corrected chi connectivity index (χ0v) is 21.0. The topological polar surface area (TPSA) is 98.9 Å². The monoisotopic (exact) mass is 469 g/mol.